The van der Waals surface area contributed by atoms with E-state index in [2.05, 4.69) is 132 Å². The Bertz CT molecular complexity index is 2230. The van der Waals surface area contributed by atoms with Gasteiger partial charge in [-0.15, -0.1) is 0 Å². The molecule has 0 unspecified atom stereocenters. The van der Waals surface area contributed by atoms with Crippen molar-refractivity contribution in [3.8, 4) is 23.0 Å². The fourth-order valence-corrected chi connectivity index (χ4v) is 12.1. The van der Waals surface area contributed by atoms with Crippen LogP contribution in [0.4, 0.5) is 0 Å². The van der Waals surface area contributed by atoms with Gasteiger partial charge < -0.3 is 39.4 Å². The SMILES string of the molecule is CC(C)(C)c1cc2c(OCCCC(=O)O)c(c1)Sc1cc(C(C)(C)C)cc(c1OCCCC(=O)O)Sc1cc(C(C)(C)C)cc(c1OCCCC(=O)O)Sc1cc(C(C)(C)C)cc(c1OCCCC(=O)O)S2.ClC(Cl)Cl. The first kappa shape index (κ1) is 64.8. The molecule has 0 aliphatic carbocycles. The van der Waals surface area contributed by atoms with Crippen LogP contribution in [-0.2, 0) is 40.8 Å². The summed E-state index contributed by atoms with van der Waals surface area (Å²) in [5.41, 5.74) is 2.64. The molecule has 4 aromatic rings. The van der Waals surface area contributed by atoms with Gasteiger partial charge in [-0.25, -0.2) is 0 Å². The minimum Gasteiger partial charge on any atom is -0.491 e. The maximum Gasteiger partial charge on any atom is 0.303 e. The Morgan fingerprint density at radius 1 is 0.368 bits per heavy atom. The van der Waals surface area contributed by atoms with E-state index in [0.29, 0.717) is 23.0 Å². The quantitative estimate of drug-likeness (QED) is 0.0425. The smallest absolute Gasteiger partial charge is 0.303 e. The van der Waals surface area contributed by atoms with Crippen molar-refractivity contribution in [3.05, 3.63) is 70.8 Å². The fraction of sp³-hybridized carbons (Fsp3) is 0.509. The minimum atomic E-state index is -0.928. The van der Waals surface area contributed by atoms with Gasteiger partial charge in [-0.05, 0) is 118 Å². The van der Waals surface area contributed by atoms with Crippen LogP contribution in [0.3, 0.4) is 0 Å². The number of rotatable bonds is 20. The first-order valence-electron chi connectivity index (χ1n) is 25.0. The van der Waals surface area contributed by atoms with E-state index in [1.54, 1.807) is 0 Å². The number of halogens is 3. The number of hydrogen-bond acceptors (Lipinski definition) is 12. The molecule has 0 radical (unpaired) electrons. The van der Waals surface area contributed by atoms with Crippen LogP contribution in [0, 0.1) is 0 Å². The molecule has 8 bridgehead atoms. The van der Waals surface area contributed by atoms with Crippen LogP contribution in [0.15, 0.2) is 87.7 Å². The Morgan fingerprint density at radius 2 is 0.513 bits per heavy atom. The highest BCUT2D eigenvalue weighted by Gasteiger charge is 2.31. The van der Waals surface area contributed by atoms with Crippen molar-refractivity contribution in [1.29, 1.82) is 0 Å². The lowest BCUT2D eigenvalue weighted by molar-refractivity contribution is -0.138. The van der Waals surface area contributed by atoms with Gasteiger partial charge in [0.15, 0.2) is 4.30 Å². The second kappa shape index (κ2) is 28.4. The van der Waals surface area contributed by atoms with Crippen LogP contribution < -0.4 is 18.9 Å². The first-order chi connectivity index (χ1) is 35.2. The lowest BCUT2D eigenvalue weighted by Gasteiger charge is -2.28. The largest absolute Gasteiger partial charge is 0.491 e. The van der Waals surface area contributed by atoms with E-state index in [-0.39, 0.29) is 99.5 Å². The summed E-state index contributed by atoms with van der Waals surface area (Å²) < 4.78 is 26.4. The summed E-state index contributed by atoms with van der Waals surface area (Å²) in [6.07, 6.45) is 0.700. The van der Waals surface area contributed by atoms with Crippen LogP contribution >= 0.6 is 81.9 Å². The van der Waals surface area contributed by atoms with Crippen LogP contribution in [0.25, 0.3) is 0 Å². The maximum absolute atomic E-state index is 11.8. The molecule has 0 saturated heterocycles. The lowest BCUT2D eigenvalue weighted by atomic mass is 9.87. The van der Waals surface area contributed by atoms with Crippen LogP contribution in [0.1, 0.15) is 157 Å². The van der Waals surface area contributed by atoms with Gasteiger partial charge in [0.25, 0.3) is 0 Å². The van der Waals surface area contributed by atoms with Crippen LogP contribution in [0.5, 0.6) is 23.0 Å². The molecule has 0 atom stereocenters. The van der Waals surface area contributed by atoms with Gasteiger partial charge in [-0.1, -0.05) is 165 Å². The summed E-state index contributed by atoms with van der Waals surface area (Å²) >= 11 is 20.3. The van der Waals surface area contributed by atoms with Gasteiger partial charge in [0.1, 0.15) is 23.0 Å². The molecular formula is C57H73Cl3O12S4. The van der Waals surface area contributed by atoms with Gasteiger partial charge in [0.05, 0.1) is 65.6 Å². The third-order valence-corrected chi connectivity index (χ3v) is 15.7. The highest BCUT2D eigenvalue weighted by atomic mass is 35.6. The first-order valence-corrected chi connectivity index (χ1v) is 29.6. The molecule has 19 heteroatoms. The zero-order chi connectivity index (χ0) is 56.9. The standard InChI is InChI=1S/C56H72O12S4.CHCl3/c1-53(2,3)33-25-37-49(65-21-13-17-45(57)58)38(26-33)70-40-28-35(55(7,8)9)30-42(51(40)67-23-15-19-47(61)62)72-44-32-36(56(10,11)12)31-43(52(44)68-24-16-20-48(63)64)71-41-29-34(54(4,5)6)27-39(69-37)50(41)66-22-14-18-46(59)60;2-1(3)4/h25-32H,13-24H2,1-12H3,(H,57,58)(H,59,60)(H,61,62)(H,63,64);1H. The molecule has 0 aromatic heterocycles. The van der Waals surface area contributed by atoms with E-state index >= 15 is 0 Å². The van der Waals surface area contributed by atoms with Gasteiger partial charge in [0.2, 0.25) is 0 Å². The van der Waals surface area contributed by atoms with Gasteiger partial charge >= 0.3 is 23.9 Å². The summed E-state index contributed by atoms with van der Waals surface area (Å²) in [5.74, 6) is -1.52. The zero-order valence-electron chi connectivity index (χ0n) is 45.5. The third-order valence-electron chi connectivity index (χ3n) is 11.6. The van der Waals surface area contributed by atoms with E-state index in [9.17, 15) is 39.6 Å². The van der Waals surface area contributed by atoms with Crippen molar-refractivity contribution in [2.24, 2.45) is 0 Å². The topological polar surface area (TPSA) is 186 Å². The highest BCUT2D eigenvalue weighted by molar-refractivity contribution is 8.01. The van der Waals surface area contributed by atoms with Crippen molar-refractivity contribution in [2.75, 3.05) is 26.4 Å². The monoisotopic (exact) mass is 1180 g/mol. The van der Waals surface area contributed by atoms with E-state index < -0.39 is 28.2 Å². The predicted molar refractivity (Wildman–Crippen MR) is 308 cm³/mol. The maximum atomic E-state index is 11.8. The van der Waals surface area contributed by atoms with E-state index in [1.807, 2.05) is 0 Å². The third kappa shape index (κ3) is 20.5. The van der Waals surface area contributed by atoms with Crippen molar-refractivity contribution < 1.29 is 58.6 Å². The summed E-state index contributed by atoms with van der Waals surface area (Å²) in [5, 5.41) is 38.6. The molecule has 5 rings (SSSR count). The second-order valence-corrected chi connectivity index (χ2v) is 28.6. The van der Waals surface area contributed by atoms with Crippen LogP contribution in [-0.4, -0.2) is 75.0 Å². The lowest BCUT2D eigenvalue weighted by Crippen LogP contribution is -2.14. The summed E-state index contributed by atoms with van der Waals surface area (Å²) in [7, 11) is 0. The van der Waals surface area contributed by atoms with Gasteiger partial charge in [0, 0.05) is 25.7 Å². The number of fused-ring (bicyclic) bond motifs is 8. The molecule has 76 heavy (non-hydrogen) atoms. The molecule has 4 aromatic carbocycles. The molecule has 4 N–H and O–H groups in total. The molecule has 1 heterocycles. The summed E-state index contributed by atoms with van der Waals surface area (Å²) in [6.45, 7) is 26.2. The molecule has 418 valence electrons. The average Bonchev–Trinajstić information content (AvgIpc) is 3.26. The van der Waals surface area contributed by atoms with E-state index in [0.717, 1.165) is 61.4 Å². The number of hydrogen-bond donors (Lipinski definition) is 4. The molecule has 1 aliphatic heterocycles. The normalized spacial score (nSPS) is 12.8. The van der Waals surface area contributed by atoms with Crippen molar-refractivity contribution in [1.82, 2.24) is 0 Å². The Kier molecular flexibility index (Phi) is 24.2. The van der Waals surface area contributed by atoms with Crippen LogP contribution in [0.2, 0.25) is 0 Å². The van der Waals surface area contributed by atoms with Gasteiger partial charge in [-0.3, -0.25) is 19.2 Å². The van der Waals surface area contributed by atoms with Crippen molar-refractivity contribution in [3.63, 3.8) is 0 Å². The molecule has 0 amide bonds. The van der Waals surface area contributed by atoms with Gasteiger partial charge in [-0.2, -0.15) is 0 Å². The number of alkyl halides is 3. The highest BCUT2D eigenvalue weighted by Crippen LogP contribution is 2.56. The molecular weight excluding hydrogens is 1110 g/mol. The molecule has 0 spiro atoms. The molecule has 12 nitrogen and oxygen atoms in total. The Hall–Kier alpha value is -3.77. The second-order valence-electron chi connectivity index (χ2n) is 22.2. The summed E-state index contributed by atoms with van der Waals surface area (Å²) in [6, 6.07) is 16.9. The average molecular weight is 1180 g/mol. The number of benzene rings is 4. The zero-order valence-corrected chi connectivity index (χ0v) is 51.0. The van der Waals surface area contributed by atoms with Crippen molar-refractivity contribution in [2.45, 2.75) is 200 Å². The predicted octanol–water partition coefficient (Wildman–Crippen LogP) is 16.8. The summed E-state index contributed by atoms with van der Waals surface area (Å²) in [4.78, 5) is 53.2. The number of carboxylic acid groups (broad SMARTS) is 4. The number of carboxylic acids is 4. The van der Waals surface area contributed by atoms with E-state index in [4.69, 9.17) is 53.8 Å². The molecule has 1 aliphatic rings. The molecule has 0 fully saturated rings. The fourth-order valence-electron chi connectivity index (χ4n) is 7.28. The number of aliphatic carboxylic acids is 4. The van der Waals surface area contributed by atoms with E-state index in [1.165, 1.54) is 47.0 Å². The number of carbonyl (C=O) groups is 4. The Balaban J connectivity index is 0.00000301. The molecule has 0 saturated carbocycles. The Labute approximate surface area is 480 Å². The minimum absolute atomic E-state index is 0.0849. The Morgan fingerprint density at radius 3 is 0.632 bits per heavy atom. The number of ether oxygens (including phenoxy) is 4. The van der Waals surface area contributed by atoms with Crippen molar-refractivity contribution >= 4 is 106 Å².